The average Bonchev–Trinajstić information content (AvgIpc) is 2.61. The Morgan fingerprint density at radius 1 is 0.889 bits per heavy atom. The van der Waals surface area contributed by atoms with Crippen LogP contribution in [0.25, 0.3) is 0 Å². The summed E-state index contributed by atoms with van der Waals surface area (Å²) in [6.45, 7) is 0. The van der Waals surface area contributed by atoms with E-state index in [0.717, 1.165) is 11.1 Å². The van der Waals surface area contributed by atoms with E-state index in [1.807, 2.05) is 36.4 Å². The van der Waals surface area contributed by atoms with Crippen LogP contribution in [-0.2, 0) is 19.7 Å². The molecule has 2 aromatic carbocycles. The van der Waals surface area contributed by atoms with Crippen LogP contribution in [0.4, 0.5) is 0 Å². The quantitative estimate of drug-likeness (QED) is 0.560. The Kier molecular flexibility index (Phi) is 6.35. The van der Waals surface area contributed by atoms with Gasteiger partial charge in [-0.15, -0.1) is 0 Å². The molecule has 0 bridgehead atoms. The SMILES string of the molecule is O=C(O)CC(CCC(c1ccccc1)c1ccccc1)(C(=O)O)S(=O)(=O)O. The largest absolute Gasteiger partial charge is 0.481 e. The van der Waals surface area contributed by atoms with Crippen molar-refractivity contribution in [3.63, 3.8) is 0 Å². The summed E-state index contributed by atoms with van der Waals surface area (Å²) >= 11 is 0. The van der Waals surface area contributed by atoms with Gasteiger partial charge in [0.2, 0.25) is 4.75 Å². The maximum absolute atomic E-state index is 11.8. The third-order valence-corrected chi connectivity index (χ3v) is 6.07. The predicted octanol–water partition coefficient (Wildman–Crippen LogP) is 2.78. The van der Waals surface area contributed by atoms with Crippen molar-refractivity contribution in [1.82, 2.24) is 0 Å². The molecule has 0 aromatic heterocycles. The zero-order valence-corrected chi connectivity index (χ0v) is 15.2. The van der Waals surface area contributed by atoms with E-state index in [9.17, 15) is 27.7 Å². The summed E-state index contributed by atoms with van der Waals surface area (Å²) < 4.78 is 30.4. The minimum absolute atomic E-state index is 0.0212. The lowest BCUT2D eigenvalue weighted by Gasteiger charge is -2.27. The van der Waals surface area contributed by atoms with Crippen LogP contribution in [0.1, 0.15) is 36.3 Å². The molecule has 8 heteroatoms. The summed E-state index contributed by atoms with van der Waals surface area (Å²) in [7, 11) is -5.16. The first-order chi connectivity index (χ1) is 12.7. The summed E-state index contributed by atoms with van der Waals surface area (Å²) in [4.78, 5) is 22.8. The van der Waals surface area contributed by atoms with Crippen LogP contribution >= 0.6 is 0 Å². The van der Waals surface area contributed by atoms with Crippen molar-refractivity contribution in [3.8, 4) is 0 Å². The van der Waals surface area contributed by atoms with Crippen molar-refractivity contribution in [1.29, 1.82) is 0 Å². The van der Waals surface area contributed by atoms with Gasteiger partial charge in [0, 0.05) is 5.92 Å². The molecule has 0 amide bonds. The number of aliphatic carboxylic acids is 2. The Morgan fingerprint density at radius 3 is 1.67 bits per heavy atom. The molecule has 0 fully saturated rings. The number of rotatable bonds is 9. The summed E-state index contributed by atoms with van der Waals surface area (Å²) in [5, 5.41) is 18.5. The Bertz CT molecular complexity index is 855. The first-order valence-electron chi connectivity index (χ1n) is 8.19. The van der Waals surface area contributed by atoms with Gasteiger partial charge in [-0.3, -0.25) is 14.1 Å². The van der Waals surface area contributed by atoms with Crippen LogP contribution in [0.2, 0.25) is 0 Å². The number of carbonyl (C=O) groups is 2. The van der Waals surface area contributed by atoms with Gasteiger partial charge < -0.3 is 10.2 Å². The average molecular weight is 392 g/mol. The van der Waals surface area contributed by atoms with Gasteiger partial charge in [-0.2, -0.15) is 8.42 Å². The fourth-order valence-electron chi connectivity index (χ4n) is 3.12. The molecular weight excluding hydrogens is 372 g/mol. The van der Waals surface area contributed by atoms with Gasteiger partial charge in [-0.05, 0) is 24.0 Å². The number of hydrogen-bond acceptors (Lipinski definition) is 4. The molecule has 1 atom stereocenters. The summed E-state index contributed by atoms with van der Waals surface area (Å²) in [5.41, 5.74) is 1.65. The van der Waals surface area contributed by atoms with Crippen molar-refractivity contribution >= 4 is 22.1 Å². The number of carboxylic acids is 2. The van der Waals surface area contributed by atoms with E-state index in [0.29, 0.717) is 0 Å². The second-order valence-electron chi connectivity index (χ2n) is 6.26. The number of carboxylic acid groups (broad SMARTS) is 2. The van der Waals surface area contributed by atoms with E-state index in [-0.39, 0.29) is 12.3 Å². The molecule has 0 aliphatic carbocycles. The van der Waals surface area contributed by atoms with Gasteiger partial charge >= 0.3 is 11.9 Å². The van der Waals surface area contributed by atoms with Crippen LogP contribution < -0.4 is 0 Å². The molecule has 0 aliphatic rings. The zero-order valence-electron chi connectivity index (χ0n) is 14.4. The molecule has 27 heavy (non-hydrogen) atoms. The highest BCUT2D eigenvalue weighted by atomic mass is 32.2. The minimum Gasteiger partial charge on any atom is -0.481 e. The Labute approximate surface area is 157 Å². The molecule has 0 aliphatic heterocycles. The fourth-order valence-corrected chi connectivity index (χ4v) is 4.02. The normalized spacial score (nSPS) is 13.9. The van der Waals surface area contributed by atoms with Crippen LogP contribution in [0, 0.1) is 0 Å². The fraction of sp³-hybridized carbons (Fsp3) is 0.263. The first kappa shape index (κ1) is 20.6. The van der Waals surface area contributed by atoms with E-state index in [1.54, 1.807) is 24.3 Å². The highest BCUT2D eigenvalue weighted by Crippen LogP contribution is 2.35. The monoisotopic (exact) mass is 392 g/mol. The highest BCUT2D eigenvalue weighted by Gasteiger charge is 2.52. The number of benzene rings is 2. The van der Waals surface area contributed by atoms with Crippen molar-refractivity contribution in [2.45, 2.75) is 29.9 Å². The Balaban J connectivity index is 2.44. The highest BCUT2D eigenvalue weighted by molar-refractivity contribution is 7.88. The van der Waals surface area contributed by atoms with E-state index in [4.69, 9.17) is 5.11 Å². The molecule has 0 saturated carbocycles. The molecule has 0 spiro atoms. The summed E-state index contributed by atoms with van der Waals surface area (Å²) in [6.07, 6.45) is -1.76. The van der Waals surface area contributed by atoms with Gasteiger partial charge in [0.25, 0.3) is 10.1 Å². The molecule has 2 rings (SSSR count). The molecule has 1 unspecified atom stereocenters. The van der Waals surface area contributed by atoms with Crippen molar-refractivity contribution in [2.75, 3.05) is 0 Å². The maximum Gasteiger partial charge on any atom is 0.328 e. The molecular formula is C19H20O7S. The zero-order chi connectivity index (χ0) is 20.1. The summed E-state index contributed by atoms with van der Waals surface area (Å²) in [5.74, 6) is -3.86. The maximum atomic E-state index is 11.8. The lowest BCUT2D eigenvalue weighted by atomic mass is 9.84. The predicted molar refractivity (Wildman–Crippen MR) is 98.1 cm³/mol. The van der Waals surface area contributed by atoms with E-state index in [1.165, 1.54) is 0 Å². The molecule has 7 nitrogen and oxygen atoms in total. The Morgan fingerprint density at radius 2 is 1.33 bits per heavy atom. The Hall–Kier alpha value is -2.71. The van der Waals surface area contributed by atoms with Gasteiger partial charge in [0.1, 0.15) is 0 Å². The molecule has 2 aromatic rings. The van der Waals surface area contributed by atoms with Crippen LogP contribution in [-0.4, -0.2) is 39.9 Å². The van der Waals surface area contributed by atoms with Gasteiger partial charge in [-0.25, -0.2) is 0 Å². The molecule has 0 saturated heterocycles. The topological polar surface area (TPSA) is 129 Å². The van der Waals surface area contributed by atoms with E-state index < -0.39 is 39.6 Å². The van der Waals surface area contributed by atoms with Crippen LogP contribution in [0.3, 0.4) is 0 Å². The lowest BCUT2D eigenvalue weighted by molar-refractivity contribution is -0.147. The van der Waals surface area contributed by atoms with E-state index in [2.05, 4.69) is 0 Å². The third-order valence-electron chi connectivity index (χ3n) is 4.56. The minimum atomic E-state index is -5.16. The van der Waals surface area contributed by atoms with Crippen molar-refractivity contribution in [3.05, 3.63) is 71.8 Å². The van der Waals surface area contributed by atoms with Gasteiger partial charge in [0.15, 0.2) is 0 Å². The summed E-state index contributed by atoms with van der Waals surface area (Å²) in [6, 6.07) is 18.1. The van der Waals surface area contributed by atoms with Crippen LogP contribution in [0.15, 0.2) is 60.7 Å². The standard InChI is InChI=1S/C19H20O7S/c20-17(21)13-19(18(22)23,27(24,25)26)12-11-16(14-7-3-1-4-8-14)15-9-5-2-6-10-15/h1-10,16H,11-13H2,(H,20,21)(H,22,23)(H,24,25,26). The van der Waals surface area contributed by atoms with Crippen molar-refractivity contribution in [2.24, 2.45) is 0 Å². The van der Waals surface area contributed by atoms with E-state index >= 15 is 0 Å². The van der Waals surface area contributed by atoms with Gasteiger partial charge in [-0.1, -0.05) is 60.7 Å². The second kappa shape index (κ2) is 8.32. The lowest BCUT2D eigenvalue weighted by Crippen LogP contribution is -2.48. The van der Waals surface area contributed by atoms with Crippen molar-refractivity contribution < 1.29 is 32.8 Å². The molecule has 0 heterocycles. The van der Waals surface area contributed by atoms with Crippen LogP contribution in [0.5, 0.6) is 0 Å². The van der Waals surface area contributed by atoms with Gasteiger partial charge in [0.05, 0.1) is 6.42 Å². The number of hydrogen-bond donors (Lipinski definition) is 3. The second-order valence-corrected chi connectivity index (χ2v) is 7.99. The molecule has 144 valence electrons. The molecule has 3 N–H and O–H groups in total. The first-order valence-corrected chi connectivity index (χ1v) is 9.63. The third kappa shape index (κ3) is 4.72. The molecule has 0 radical (unpaired) electrons. The smallest absolute Gasteiger partial charge is 0.328 e.